The number of alkyl halides is 3. The van der Waals surface area contributed by atoms with Gasteiger partial charge in [-0.3, -0.25) is 4.79 Å². The molecule has 3 heterocycles. The van der Waals surface area contributed by atoms with E-state index < -0.39 is 11.7 Å². The molecule has 3 aromatic heterocycles. The van der Waals surface area contributed by atoms with Crippen molar-refractivity contribution in [1.29, 1.82) is 0 Å². The van der Waals surface area contributed by atoms with E-state index in [4.69, 9.17) is 13.9 Å². The average molecular weight is 554 g/mol. The Kier molecular flexibility index (Phi) is 7.25. The fourth-order valence-electron chi connectivity index (χ4n) is 3.77. The lowest BCUT2D eigenvalue weighted by molar-refractivity contribution is -0.137. The monoisotopic (exact) mass is 553 g/mol. The number of aromatic nitrogens is 3. The van der Waals surface area contributed by atoms with Gasteiger partial charge < -0.3 is 13.9 Å². The summed E-state index contributed by atoms with van der Waals surface area (Å²) in [7, 11) is 1.58. The van der Waals surface area contributed by atoms with Gasteiger partial charge in [-0.1, -0.05) is 42.5 Å². The second-order valence-electron chi connectivity index (χ2n) is 8.45. The molecule has 2 aromatic carbocycles. The summed E-state index contributed by atoms with van der Waals surface area (Å²) in [5, 5.41) is 4.28. The first-order chi connectivity index (χ1) is 18.7. The number of fused-ring (bicyclic) bond motifs is 1. The molecule has 0 fully saturated rings. The summed E-state index contributed by atoms with van der Waals surface area (Å²) in [6, 6.07) is 13.6. The van der Waals surface area contributed by atoms with Crippen LogP contribution in [0.3, 0.4) is 0 Å². The van der Waals surface area contributed by atoms with E-state index in [-0.39, 0.29) is 16.9 Å². The molecule has 0 bridgehead atoms. The highest BCUT2D eigenvalue weighted by Crippen LogP contribution is 2.33. The molecule has 0 spiro atoms. The normalized spacial score (nSPS) is 12.6. The summed E-state index contributed by atoms with van der Waals surface area (Å²) in [4.78, 5) is 17.7. The molecule has 0 amide bonds. The number of thiazole rings is 1. The van der Waals surface area contributed by atoms with Crippen LogP contribution in [0.15, 0.2) is 63.8 Å². The molecule has 39 heavy (non-hydrogen) atoms. The molecule has 0 radical (unpaired) electrons. The van der Waals surface area contributed by atoms with Crippen LogP contribution in [-0.2, 0) is 6.18 Å². The second kappa shape index (κ2) is 10.8. The molecule has 0 aliphatic carbocycles. The van der Waals surface area contributed by atoms with E-state index >= 15 is 0 Å². The van der Waals surface area contributed by atoms with Crippen LogP contribution in [0.1, 0.15) is 36.1 Å². The molecular weight excluding hydrogens is 531 g/mol. The van der Waals surface area contributed by atoms with E-state index in [1.165, 1.54) is 22.7 Å². The van der Waals surface area contributed by atoms with Crippen LogP contribution >= 0.6 is 11.3 Å². The third-order valence-electron chi connectivity index (χ3n) is 5.65. The lowest BCUT2D eigenvalue weighted by atomic mass is 10.1. The molecule has 7 nitrogen and oxygen atoms in total. The Labute approximate surface area is 224 Å². The number of nitrogens with zero attached hydrogens (tertiary/aromatic N) is 3. The fourth-order valence-corrected chi connectivity index (χ4v) is 4.67. The van der Waals surface area contributed by atoms with Crippen LogP contribution in [0.4, 0.5) is 13.2 Å². The molecule has 11 heteroatoms. The van der Waals surface area contributed by atoms with Crippen LogP contribution in [0.2, 0.25) is 0 Å². The third-order valence-corrected chi connectivity index (χ3v) is 6.61. The minimum absolute atomic E-state index is 0.258. The molecule has 0 saturated heterocycles. The number of methoxy groups -OCH3 is 1. The first kappa shape index (κ1) is 26.2. The maximum absolute atomic E-state index is 13.0. The molecular formula is C28H22F3N3O4S. The van der Waals surface area contributed by atoms with Gasteiger partial charge in [-0.2, -0.15) is 22.7 Å². The number of hydrogen-bond donors (Lipinski definition) is 0. The summed E-state index contributed by atoms with van der Waals surface area (Å²) in [6.07, 6.45) is 1.45. The summed E-state index contributed by atoms with van der Waals surface area (Å²) in [5.74, 6) is 2.22. The van der Waals surface area contributed by atoms with Crippen LogP contribution in [0.25, 0.3) is 34.5 Å². The van der Waals surface area contributed by atoms with Crippen molar-refractivity contribution in [3.63, 3.8) is 0 Å². The van der Waals surface area contributed by atoms with Gasteiger partial charge in [0.2, 0.25) is 4.96 Å². The predicted molar refractivity (Wildman–Crippen MR) is 143 cm³/mol. The summed E-state index contributed by atoms with van der Waals surface area (Å²) in [6.45, 7) is 2.62. The average Bonchev–Trinajstić information content (AvgIpc) is 3.63. The molecule has 0 aliphatic rings. The van der Waals surface area contributed by atoms with E-state index in [1.54, 1.807) is 31.4 Å². The molecule has 0 saturated carbocycles. The Morgan fingerprint density at radius 1 is 1.08 bits per heavy atom. The van der Waals surface area contributed by atoms with Crippen molar-refractivity contribution in [2.75, 3.05) is 13.7 Å². The molecule has 5 aromatic rings. The molecule has 5 rings (SSSR count). The molecule has 0 atom stereocenters. The number of furan rings is 1. The fraction of sp³-hybridized carbons (Fsp3) is 0.179. The molecule has 0 N–H and O–H groups in total. The van der Waals surface area contributed by atoms with Crippen molar-refractivity contribution in [3.8, 4) is 22.8 Å². The topological polar surface area (TPSA) is 78.9 Å². The van der Waals surface area contributed by atoms with E-state index in [2.05, 4.69) is 10.1 Å². The minimum Gasteiger partial charge on any atom is -0.493 e. The van der Waals surface area contributed by atoms with Crippen molar-refractivity contribution < 1.29 is 27.1 Å². The predicted octanol–water partition coefficient (Wildman–Crippen LogP) is 5.95. The van der Waals surface area contributed by atoms with Crippen LogP contribution in [0.5, 0.6) is 11.5 Å². The smallest absolute Gasteiger partial charge is 0.416 e. The van der Waals surface area contributed by atoms with E-state index in [1.807, 2.05) is 25.1 Å². The Bertz CT molecular complexity index is 1770. The zero-order chi connectivity index (χ0) is 27.6. The zero-order valence-corrected chi connectivity index (χ0v) is 21.7. The Morgan fingerprint density at radius 3 is 2.67 bits per heavy atom. The number of hydrogen-bond acceptors (Lipinski definition) is 7. The van der Waals surface area contributed by atoms with Gasteiger partial charge in [0.1, 0.15) is 16.1 Å². The number of rotatable bonds is 8. The van der Waals surface area contributed by atoms with Crippen molar-refractivity contribution in [2.45, 2.75) is 19.5 Å². The second-order valence-corrected chi connectivity index (χ2v) is 9.46. The van der Waals surface area contributed by atoms with Gasteiger partial charge >= 0.3 is 6.18 Å². The highest BCUT2D eigenvalue weighted by Gasteiger charge is 2.30. The lowest BCUT2D eigenvalue weighted by Gasteiger charge is -2.10. The van der Waals surface area contributed by atoms with Crippen molar-refractivity contribution in [3.05, 3.63) is 92.2 Å². The molecule has 0 aliphatic heterocycles. The first-order valence-electron chi connectivity index (χ1n) is 11.9. The Morgan fingerprint density at radius 2 is 1.92 bits per heavy atom. The van der Waals surface area contributed by atoms with Gasteiger partial charge in [0.15, 0.2) is 17.3 Å². The number of ether oxygens (including phenoxy) is 2. The molecule has 0 unspecified atom stereocenters. The lowest BCUT2D eigenvalue weighted by Crippen LogP contribution is -2.23. The van der Waals surface area contributed by atoms with Gasteiger partial charge in [0.25, 0.3) is 5.56 Å². The van der Waals surface area contributed by atoms with Gasteiger partial charge in [-0.15, -0.1) is 5.10 Å². The van der Waals surface area contributed by atoms with E-state index in [0.717, 1.165) is 35.5 Å². The SMILES string of the molecule is CCCOc1ccc(/C=C/c2nc3s/c(=C\c4ccc(-c5cccc(C(F)(F)F)c5)o4)c(=O)n3n2)cc1OC. The molecule has 200 valence electrons. The Hall–Kier alpha value is -4.38. The highest BCUT2D eigenvalue weighted by molar-refractivity contribution is 7.15. The van der Waals surface area contributed by atoms with Crippen LogP contribution in [-0.4, -0.2) is 28.3 Å². The van der Waals surface area contributed by atoms with Crippen LogP contribution in [0, 0.1) is 0 Å². The van der Waals surface area contributed by atoms with Crippen molar-refractivity contribution in [1.82, 2.24) is 14.6 Å². The summed E-state index contributed by atoms with van der Waals surface area (Å²) < 4.78 is 57.4. The van der Waals surface area contributed by atoms with Gasteiger partial charge in [-0.05, 0) is 54.5 Å². The van der Waals surface area contributed by atoms with Crippen LogP contribution < -0.4 is 19.6 Å². The van der Waals surface area contributed by atoms with E-state index in [0.29, 0.717) is 39.2 Å². The van der Waals surface area contributed by atoms with Gasteiger partial charge in [0, 0.05) is 11.6 Å². The largest absolute Gasteiger partial charge is 0.493 e. The standard InChI is InChI=1S/C28H22F3N3O4S/c1-3-13-37-22-10-7-17(14-23(22)36-2)8-12-25-32-27-34(33-25)26(35)24(39-27)16-20-9-11-21(38-20)18-5-4-6-19(15-18)28(29,30)31/h4-12,14-16H,3,13H2,1-2H3/b12-8+,24-16-. The number of halogens is 3. The first-order valence-corrected chi connectivity index (χ1v) is 12.7. The Balaban J connectivity index is 1.36. The summed E-state index contributed by atoms with van der Waals surface area (Å²) in [5.41, 5.74) is -0.0131. The maximum Gasteiger partial charge on any atom is 0.416 e. The quantitative estimate of drug-likeness (QED) is 0.237. The number of benzene rings is 2. The maximum atomic E-state index is 13.0. The zero-order valence-electron chi connectivity index (χ0n) is 20.9. The third kappa shape index (κ3) is 5.73. The highest BCUT2D eigenvalue weighted by atomic mass is 32.1. The van der Waals surface area contributed by atoms with Crippen molar-refractivity contribution in [2.24, 2.45) is 0 Å². The minimum atomic E-state index is -4.46. The van der Waals surface area contributed by atoms with Gasteiger partial charge in [0.05, 0.1) is 19.3 Å². The summed E-state index contributed by atoms with van der Waals surface area (Å²) >= 11 is 1.13. The van der Waals surface area contributed by atoms with E-state index in [9.17, 15) is 18.0 Å². The van der Waals surface area contributed by atoms with Gasteiger partial charge in [-0.25, -0.2) is 0 Å². The van der Waals surface area contributed by atoms with Crippen molar-refractivity contribution >= 4 is 34.5 Å².